The minimum Gasteiger partial charge on any atom is -0.377 e. The Labute approximate surface area is 71.4 Å². The zero-order valence-electron chi connectivity index (χ0n) is 7.01. The summed E-state index contributed by atoms with van der Waals surface area (Å²) in [4.78, 5) is 11.2. The number of hydrogen-bond donors (Lipinski definition) is 2. The van der Waals surface area contributed by atoms with E-state index in [0.29, 0.717) is 12.6 Å². The predicted octanol–water partition coefficient (Wildman–Crippen LogP) is -0.617. The highest BCUT2D eigenvalue weighted by atomic mass is 16.5. The molecule has 0 aromatic carbocycles. The van der Waals surface area contributed by atoms with Gasteiger partial charge >= 0.3 is 0 Å². The van der Waals surface area contributed by atoms with Crippen LogP contribution in [0.3, 0.4) is 0 Å². The Morgan fingerprint density at radius 2 is 2.50 bits per heavy atom. The number of carbonyl (C=O) groups excluding carboxylic acids is 1. The van der Waals surface area contributed by atoms with Gasteiger partial charge < -0.3 is 10.5 Å². The van der Waals surface area contributed by atoms with Crippen molar-refractivity contribution in [3.05, 3.63) is 0 Å². The molecule has 0 aliphatic carbocycles. The lowest BCUT2D eigenvalue weighted by Gasteiger charge is -2.43. The third kappa shape index (κ3) is 1.11. The molecule has 2 heterocycles. The van der Waals surface area contributed by atoms with E-state index in [-0.39, 0.29) is 5.91 Å². The minimum absolute atomic E-state index is 0.271. The minimum atomic E-state index is -0.554. The fourth-order valence-electron chi connectivity index (χ4n) is 2.07. The third-order valence-electron chi connectivity index (χ3n) is 2.78. The molecule has 0 aromatic heterocycles. The van der Waals surface area contributed by atoms with Crippen molar-refractivity contribution < 1.29 is 9.53 Å². The van der Waals surface area contributed by atoms with Crippen LogP contribution in [-0.2, 0) is 9.53 Å². The lowest BCUT2D eigenvalue weighted by molar-refractivity contribution is -0.133. The van der Waals surface area contributed by atoms with Crippen molar-refractivity contribution in [3.8, 4) is 0 Å². The fraction of sp³-hybridized carbons (Fsp3) is 0.875. The van der Waals surface area contributed by atoms with Gasteiger partial charge in [0.05, 0.1) is 13.2 Å². The normalized spacial score (nSPS) is 40.8. The topological polar surface area (TPSA) is 64.4 Å². The molecule has 4 nitrogen and oxygen atoms in total. The Hall–Kier alpha value is -0.610. The molecule has 4 heteroatoms. The Morgan fingerprint density at radius 3 is 3.17 bits per heavy atom. The van der Waals surface area contributed by atoms with Crippen LogP contribution in [0, 0.1) is 0 Å². The molecule has 2 unspecified atom stereocenters. The summed E-state index contributed by atoms with van der Waals surface area (Å²) in [5.41, 5.74) is 4.77. The largest absolute Gasteiger partial charge is 0.377 e. The molecule has 0 radical (unpaired) electrons. The zero-order chi connectivity index (χ0) is 8.60. The number of piperidine rings is 1. The predicted molar refractivity (Wildman–Crippen MR) is 43.5 cm³/mol. The number of rotatable bonds is 1. The molecular formula is C8H14N2O2. The van der Waals surface area contributed by atoms with Crippen molar-refractivity contribution >= 4 is 5.91 Å². The van der Waals surface area contributed by atoms with Crippen LogP contribution in [0.1, 0.15) is 19.3 Å². The number of nitrogens with one attached hydrogen (secondary N) is 1. The van der Waals surface area contributed by atoms with E-state index in [2.05, 4.69) is 5.32 Å². The standard InChI is InChI=1S/C8H14N2O2/c9-7(11)8-3-1-2-6(10-8)4-12-5-8/h6,10H,1-5H2,(H2,9,11). The first-order valence-corrected chi connectivity index (χ1v) is 4.38. The molecule has 2 saturated heterocycles. The van der Waals surface area contributed by atoms with E-state index in [0.717, 1.165) is 25.9 Å². The maximum absolute atomic E-state index is 11.2. The van der Waals surface area contributed by atoms with Crippen LogP contribution in [0.4, 0.5) is 0 Å². The number of nitrogens with two attached hydrogens (primary N) is 1. The van der Waals surface area contributed by atoms with Gasteiger partial charge in [-0.05, 0) is 19.3 Å². The summed E-state index contributed by atoms with van der Waals surface area (Å²) in [7, 11) is 0. The lowest BCUT2D eigenvalue weighted by Crippen LogP contribution is -2.67. The highest BCUT2D eigenvalue weighted by Crippen LogP contribution is 2.26. The number of carbonyl (C=O) groups is 1. The van der Waals surface area contributed by atoms with E-state index in [1.807, 2.05) is 0 Å². The van der Waals surface area contributed by atoms with Gasteiger partial charge in [0.15, 0.2) is 0 Å². The SMILES string of the molecule is NC(=O)C12CCCC(COC1)N2. The Balaban J connectivity index is 2.17. The molecule has 0 saturated carbocycles. The number of primary amides is 1. The molecule has 2 bridgehead atoms. The van der Waals surface area contributed by atoms with E-state index >= 15 is 0 Å². The first kappa shape index (κ1) is 8.01. The molecule has 2 aliphatic heterocycles. The van der Waals surface area contributed by atoms with Crippen molar-refractivity contribution in [2.75, 3.05) is 13.2 Å². The van der Waals surface area contributed by atoms with Gasteiger partial charge in [-0.1, -0.05) is 0 Å². The van der Waals surface area contributed by atoms with E-state index < -0.39 is 5.54 Å². The van der Waals surface area contributed by atoms with Crippen LogP contribution in [0.5, 0.6) is 0 Å². The van der Waals surface area contributed by atoms with Gasteiger partial charge in [0.1, 0.15) is 5.54 Å². The van der Waals surface area contributed by atoms with Crippen molar-refractivity contribution in [2.24, 2.45) is 5.73 Å². The molecule has 12 heavy (non-hydrogen) atoms. The third-order valence-corrected chi connectivity index (χ3v) is 2.78. The molecule has 68 valence electrons. The highest BCUT2D eigenvalue weighted by molar-refractivity contribution is 5.85. The zero-order valence-corrected chi connectivity index (χ0v) is 7.01. The quantitative estimate of drug-likeness (QED) is 0.551. The second-order valence-electron chi connectivity index (χ2n) is 3.69. The van der Waals surface area contributed by atoms with Gasteiger partial charge in [-0.25, -0.2) is 0 Å². The molecular weight excluding hydrogens is 156 g/mol. The van der Waals surface area contributed by atoms with E-state index in [9.17, 15) is 4.79 Å². The Bertz CT molecular complexity index is 195. The van der Waals surface area contributed by atoms with Crippen LogP contribution in [0.2, 0.25) is 0 Å². The van der Waals surface area contributed by atoms with Crippen molar-refractivity contribution in [1.29, 1.82) is 0 Å². The fourth-order valence-corrected chi connectivity index (χ4v) is 2.07. The Kier molecular flexibility index (Phi) is 1.81. The van der Waals surface area contributed by atoms with Gasteiger partial charge in [0.2, 0.25) is 5.91 Å². The molecule has 2 rings (SSSR count). The number of morpholine rings is 1. The molecule has 0 aromatic rings. The summed E-state index contributed by atoms with van der Waals surface area (Å²) in [6.07, 6.45) is 2.98. The van der Waals surface area contributed by atoms with Gasteiger partial charge in [0.25, 0.3) is 0 Å². The maximum atomic E-state index is 11.2. The smallest absolute Gasteiger partial charge is 0.240 e. The van der Waals surface area contributed by atoms with Crippen LogP contribution in [-0.4, -0.2) is 30.7 Å². The average Bonchev–Trinajstić information content (AvgIpc) is 2.04. The van der Waals surface area contributed by atoms with Crippen LogP contribution < -0.4 is 11.1 Å². The summed E-state index contributed by atoms with van der Waals surface area (Å²) in [6.45, 7) is 1.16. The van der Waals surface area contributed by atoms with E-state index in [1.165, 1.54) is 0 Å². The summed E-state index contributed by atoms with van der Waals surface area (Å²) in [5.74, 6) is -0.271. The highest BCUT2D eigenvalue weighted by Gasteiger charge is 2.44. The summed E-state index contributed by atoms with van der Waals surface area (Å²) >= 11 is 0. The molecule has 3 N–H and O–H groups in total. The second-order valence-corrected chi connectivity index (χ2v) is 3.69. The Morgan fingerprint density at radius 1 is 1.67 bits per heavy atom. The van der Waals surface area contributed by atoms with E-state index in [1.54, 1.807) is 0 Å². The maximum Gasteiger partial charge on any atom is 0.240 e. The molecule has 1 amide bonds. The van der Waals surface area contributed by atoms with Gasteiger partial charge in [0, 0.05) is 6.04 Å². The molecule has 2 aliphatic rings. The van der Waals surface area contributed by atoms with Gasteiger partial charge in [-0.3, -0.25) is 10.1 Å². The number of ether oxygens (including phenoxy) is 1. The molecule has 2 fully saturated rings. The van der Waals surface area contributed by atoms with Gasteiger partial charge in [-0.15, -0.1) is 0 Å². The lowest BCUT2D eigenvalue weighted by atomic mass is 9.84. The number of hydrogen-bond acceptors (Lipinski definition) is 3. The summed E-state index contributed by atoms with van der Waals surface area (Å²) in [6, 6.07) is 0.333. The average molecular weight is 170 g/mol. The first-order chi connectivity index (χ1) is 5.73. The van der Waals surface area contributed by atoms with Crippen molar-refractivity contribution in [1.82, 2.24) is 5.32 Å². The number of amides is 1. The molecule has 2 atom stereocenters. The number of fused-ring (bicyclic) bond motifs is 2. The van der Waals surface area contributed by atoms with Crippen LogP contribution in [0.25, 0.3) is 0 Å². The molecule has 0 spiro atoms. The summed E-state index contributed by atoms with van der Waals surface area (Å²) < 4.78 is 5.34. The second kappa shape index (κ2) is 2.71. The van der Waals surface area contributed by atoms with Crippen molar-refractivity contribution in [2.45, 2.75) is 30.8 Å². The summed E-state index contributed by atoms with van der Waals surface area (Å²) in [5, 5.41) is 3.27. The van der Waals surface area contributed by atoms with Crippen LogP contribution >= 0.6 is 0 Å². The van der Waals surface area contributed by atoms with Crippen molar-refractivity contribution in [3.63, 3.8) is 0 Å². The van der Waals surface area contributed by atoms with E-state index in [4.69, 9.17) is 10.5 Å². The van der Waals surface area contributed by atoms with Gasteiger partial charge in [-0.2, -0.15) is 0 Å². The first-order valence-electron chi connectivity index (χ1n) is 4.38. The monoisotopic (exact) mass is 170 g/mol. The van der Waals surface area contributed by atoms with Crippen LogP contribution in [0.15, 0.2) is 0 Å².